The van der Waals surface area contributed by atoms with Crippen LogP contribution in [0.4, 0.5) is 0 Å². The minimum absolute atomic E-state index is 0.728. The lowest BCUT2D eigenvalue weighted by Gasteiger charge is -2.02. The predicted molar refractivity (Wildman–Crippen MR) is 104 cm³/mol. The lowest BCUT2D eigenvalue weighted by atomic mass is 10.0. The van der Waals surface area contributed by atoms with Crippen molar-refractivity contribution in [2.75, 3.05) is 0 Å². The molecule has 2 rings (SSSR count). The van der Waals surface area contributed by atoms with E-state index in [4.69, 9.17) is 11.6 Å². The van der Waals surface area contributed by atoms with Gasteiger partial charge < -0.3 is 0 Å². The van der Waals surface area contributed by atoms with Gasteiger partial charge in [-0.15, -0.1) is 0 Å². The topological polar surface area (TPSA) is 17.1 Å². The Hall–Kier alpha value is -2.64. The number of allylic oxidation sites excluding steroid dienone is 7. The Morgan fingerprint density at radius 1 is 0.917 bits per heavy atom. The number of benzene rings is 2. The van der Waals surface area contributed by atoms with Crippen LogP contribution in [-0.4, -0.2) is 6.29 Å². The first-order valence-electron chi connectivity index (χ1n) is 7.68. The Bertz CT molecular complexity index is 778. The molecule has 0 saturated carbocycles. The highest BCUT2D eigenvalue weighted by atomic mass is 35.5. The molecule has 0 N–H and O–H groups in total. The minimum Gasteiger partial charge on any atom is -0.299 e. The summed E-state index contributed by atoms with van der Waals surface area (Å²) < 4.78 is 0. The van der Waals surface area contributed by atoms with Crippen LogP contribution in [0.15, 0.2) is 90.6 Å². The largest absolute Gasteiger partial charge is 0.299 e. The lowest BCUT2D eigenvalue weighted by Crippen LogP contribution is -1.80. The first kappa shape index (κ1) is 17.7. The fourth-order valence-electron chi connectivity index (χ4n) is 2.10. The fourth-order valence-corrected chi connectivity index (χ4v) is 2.23. The fraction of sp³-hybridized carbons (Fsp3) is 0.0455. The molecule has 0 amide bonds. The molecule has 0 unspecified atom stereocenters. The molecule has 2 aromatic rings. The van der Waals surface area contributed by atoms with Crippen molar-refractivity contribution in [2.24, 2.45) is 0 Å². The van der Waals surface area contributed by atoms with Crippen molar-refractivity contribution in [3.05, 3.63) is 107 Å². The molecule has 2 aromatic carbocycles. The van der Waals surface area contributed by atoms with Crippen LogP contribution in [0.5, 0.6) is 0 Å². The van der Waals surface area contributed by atoms with E-state index in [0.29, 0.717) is 0 Å². The molecule has 120 valence electrons. The standard InChI is InChI=1S/C22H19ClO/c1-18(16-17-24)6-5-9-21(20-7-3-2-4-8-20)13-10-19-11-14-22(23)15-12-19/h2-17H,1H3/b6-5+,13-10+,18-16-,21-9-. The first-order valence-corrected chi connectivity index (χ1v) is 8.06. The molecule has 0 spiro atoms. The van der Waals surface area contributed by atoms with Gasteiger partial charge in [0.2, 0.25) is 0 Å². The number of rotatable bonds is 6. The van der Waals surface area contributed by atoms with Gasteiger partial charge in [0, 0.05) is 5.02 Å². The van der Waals surface area contributed by atoms with E-state index in [1.165, 1.54) is 6.08 Å². The Morgan fingerprint density at radius 3 is 2.29 bits per heavy atom. The number of aldehydes is 1. The van der Waals surface area contributed by atoms with Gasteiger partial charge in [-0.25, -0.2) is 0 Å². The summed E-state index contributed by atoms with van der Waals surface area (Å²) >= 11 is 5.92. The second-order valence-electron chi connectivity index (χ2n) is 5.28. The Balaban J connectivity index is 2.28. The van der Waals surface area contributed by atoms with Gasteiger partial charge >= 0.3 is 0 Å². The van der Waals surface area contributed by atoms with E-state index in [0.717, 1.165) is 33.6 Å². The molecule has 0 aliphatic carbocycles. The van der Waals surface area contributed by atoms with Crippen LogP contribution in [0, 0.1) is 0 Å². The van der Waals surface area contributed by atoms with Crippen molar-refractivity contribution in [2.45, 2.75) is 6.92 Å². The van der Waals surface area contributed by atoms with Crippen LogP contribution < -0.4 is 0 Å². The van der Waals surface area contributed by atoms with E-state index in [2.05, 4.69) is 24.3 Å². The normalized spacial score (nSPS) is 12.9. The van der Waals surface area contributed by atoms with E-state index >= 15 is 0 Å². The Kier molecular flexibility index (Phi) is 7.00. The van der Waals surface area contributed by atoms with Crippen LogP contribution in [0.2, 0.25) is 5.02 Å². The molecule has 1 nitrogen and oxygen atoms in total. The molecular formula is C22H19ClO. The molecule has 0 radical (unpaired) electrons. The molecular weight excluding hydrogens is 316 g/mol. The van der Waals surface area contributed by atoms with Gasteiger partial charge in [0.05, 0.1) is 0 Å². The second kappa shape index (κ2) is 9.49. The average Bonchev–Trinajstić information content (AvgIpc) is 2.60. The van der Waals surface area contributed by atoms with E-state index in [-0.39, 0.29) is 0 Å². The minimum atomic E-state index is 0.728. The molecule has 0 saturated heterocycles. The first-order chi connectivity index (χ1) is 11.7. The summed E-state index contributed by atoms with van der Waals surface area (Å²) in [5, 5.41) is 0.728. The zero-order valence-corrected chi connectivity index (χ0v) is 14.3. The highest BCUT2D eigenvalue weighted by Gasteiger charge is 1.96. The summed E-state index contributed by atoms with van der Waals surface area (Å²) in [4.78, 5) is 10.5. The average molecular weight is 335 g/mol. The summed E-state index contributed by atoms with van der Waals surface area (Å²) in [5.74, 6) is 0. The molecule has 0 heterocycles. The van der Waals surface area contributed by atoms with Gasteiger partial charge in [-0.05, 0) is 47.4 Å². The Labute approximate surface area is 148 Å². The highest BCUT2D eigenvalue weighted by Crippen LogP contribution is 2.18. The predicted octanol–water partition coefficient (Wildman–Crippen LogP) is 6.14. The molecule has 0 fully saturated rings. The van der Waals surface area contributed by atoms with Crippen LogP contribution in [-0.2, 0) is 4.79 Å². The van der Waals surface area contributed by atoms with Crippen LogP contribution in [0.1, 0.15) is 18.1 Å². The SMILES string of the molecule is CC(=C/C=O)/C=C/C=C(/C=C/c1ccc(Cl)cc1)c1ccccc1. The molecule has 24 heavy (non-hydrogen) atoms. The monoisotopic (exact) mass is 334 g/mol. The van der Waals surface area contributed by atoms with Crippen molar-refractivity contribution in [1.29, 1.82) is 0 Å². The summed E-state index contributed by atoms with van der Waals surface area (Å²) in [7, 11) is 0. The third-order valence-corrected chi connectivity index (χ3v) is 3.65. The van der Waals surface area contributed by atoms with Crippen LogP contribution in [0.3, 0.4) is 0 Å². The smallest absolute Gasteiger partial charge is 0.143 e. The summed E-state index contributed by atoms with van der Waals surface area (Å²) in [5.41, 5.74) is 4.21. The maximum atomic E-state index is 10.5. The van der Waals surface area contributed by atoms with E-state index < -0.39 is 0 Å². The third kappa shape index (κ3) is 5.86. The zero-order chi connectivity index (χ0) is 17.2. The maximum absolute atomic E-state index is 10.5. The van der Waals surface area contributed by atoms with E-state index in [9.17, 15) is 4.79 Å². The summed E-state index contributed by atoms with van der Waals surface area (Å²) in [6, 6.07) is 17.9. The van der Waals surface area contributed by atoms with Crippen LogP contribution >= 0.6 is 11.6 Å². The molecule has 0 atom stereocenters. The van der Waals surface area contributed by atoms with Crippen molar-refractivity contribution in [3.8, 4) is 0 Å². The summed E-state index contributed by atoms with van der Waals surface area (Å²) in [6.45, 7) is 1.89. The van der Waals surface area contributed by atoms with E-state index in [1.54, 1.807) is 0 Å². The molecule has 0 aliphatic heterocycles. The molecule has 0 aromatic heterocycles. The van der Waals surface area contributed by atoms with Crippen molar-refractivity contribution in [3.63, 3.8) is 0 Å². The van der Waals surface area contributed by atoms with Crippen molar-refractivity contribution >= 4 is 29.5 Å². The third-order valence-electron chi connectivity index (χ3n) is 3.40. The van der Waals surface area contributed by atoms with E-state index in [1.807, 2.05) is 67.6 Å². The van der Waals surface area contributed by atoms with Crippen molar-refractivity contribution in [1.82, 2.24) is 0 Å². The van der Waals surface area contributed by atoms with Gasteiger partial charge in [-0.2, -0.15) is 0 Å². The van der Waals surface area contributed by atoms with Gasteiger partial charge in [-0.1, -0.05) is 84.4 Å². The summed E-state index contributed by atoms with van der Waals surface area (Å²) in [6.07, 6.45) is 12.3. The highest BCUT2D eigenvalue weighted by molar-refractivity contribution is 6.30. The van der Waals surface area contributed by atoms with Crippen molar-refractivity contribution < 1.29 is 4.79 Å². The van der Waals surface area contributed by atoms with Crippen LogP contribution in [0.25, 0.3) is 11.6 Å². The Morgan fingerprint density at radius 2 is 1.62 bits per heavy atom. The van der Waals surface area contributed by atoms with Gasteiger partial charge in [0.1, 0.15) is 6.29 Å². The number of carbonyl (C=O) groups excluding carboxylic acids is 1. The second-order valence-corrected chi connectivity index (χ2v) is 5.72. The van der Waals surface area contributed by atoms with Gasteiger partial charge in [-0.3, -0.25) is 4.79 Å². The maximum Gasteiger partial charge on any atom is 0.143 e. The quantitative estimate of drug-likeness (QED) is 0.352. The number of halogens is 1. The number of carbonyl (C=O) groups is 1. The zero-order valence-electron chi connectivity index (χ0n) is 13.5. The molecule has 2 heteroatoms. The molecule has 0 aliphatic rings. The lowest BCUT2D eigenvalue weighted by molar-refractivity contribution is -0.104. The van der Waals surface area contributed by atoms with Gasteiger partial charge in [0.25, 0.3) is 0 Å². The number of hydrogen-bond donors (Lipinski definition) is 0. The number of hydrogen-bond acceptors (Lipinski definition) is 1. The van der Waals surface area contributed by atoms with Gasteiger partial charge in [0.15, 0.2) is 0 Å². The molecule has 0 bridgehead atoms.